The molecule has 0 aliphatic carbocycles. The molecule has 0 bridgehead atoms. The average Bonchev–Trinajstić information content (AvgIpc) is 1.64. The maximum atomic E-state index is 12.1. The first-order valence-electron chi connectivity index (χ1n) is 43.3. The maximum Gasteiger partial charge on any atom is 0.263 e. The molecule has 0 fully saturated rings. The lowest BCUT2D eigenvalue weighted by Gasteiger charge is -2.16. The van der Waals surface area contributed by atoms with E-state index in [2.05, 4.69) is 237 Å². The van der Waals surface area contributed by atoms with Gasteiger partial charge in [0.05, 0.1) is 47.5 Å². The Morgan fingerprint density at radius 3 is 0.959 bits per heavy atom. The topological polar surface area (TPSA) is 254 Å². The molecule has 0 saturated carbocycles. The van der Waals surface area contributed by atoms with Gasteiger partial charge in [-0.3, -0.25) is 33.1 Å². The highest BCUT2D eigenvalue weighted by molar-refractivity contribution is 5.95. The number of aliphatic hydroxyl groups is 5. The van der Waals surface area contributed by atoms with Crippen LogP contribution in [0.3, 0.4) is 0 Å². The minimum atomic E-state index is -0.0386. The zero-order valence-corrected chi connectivity index (χ0v) is 81.9. The fourth-order valence-electron chi connectivity index (χ4n) is 11.1. The number of hydrogen-bond donors (Lipinski definition) is 5. The fraction of sp³-hybridized carbons (Fsp3) is 0.505. The Morgan fingerprint density at radius 2 is 0.607 bits per heavy atom. The number of aryl methyl sites for hydroxylation is 3. The Hall–Kier alpha value is -9.63. The largest absolute Gasteiger partial charge is 0.400 e. The SMILES string of the molecule is CC.CC.CC.CC.CC.CC(C)(C)CC1=CCC=N1.CC(C)(C)Cc1cn(C(=O)CCc2ccccc2)cn1.CC(C)(C)Cc1cn(C(=O)Cc2ccccc2)cn1.CC(C)(C)Cc1cn(C(=O)c2ccccc2)cn1.CC(C)(C)Cc1cn(CCc2ccccc2)cn1.CC(C)(C)Cc1cn(Cc2ccccc2)cn1.CO.CO.CO.CO.CO. The van der Waals surface area contributed by atoms with Gasteiger partial charge in [-0.25, -0.2) is 24.9 Å². The normalized spacial score (nSPS) is 10.7. The summed E-state index contributed by atoms with van der Waals surface area (Å²) in [5.74, 6) is 0.114. The van der Waals surface area contributed by atoms with Crippen LogP contribution in [-0.2, 0) is 64.5 Å². The van der Waals surface area contributed by atoms with E-state index in [1.807, 2.05) is 204 Å². The molecule has 0 radical (unpaired) electrons. The first-order chi connectivity index (χ1) is 58.0. The van der Waals surface area contributed by atoms with E-state index >= 15 is 0 Å². The zero-order chi connectivity index (χ0) is 94.6. The van der Waals surface area contributed by atoms with Gasteiger partial charge in [0, 0.05) is 110 Å². The van der Waals surface area contributed by atoms with Gasteiger partial charge < -0.3 is 34.7 Å². The van der Waals surface area contributed by atoms with Crippen molar-refractivity contribution in [3.63, 3.8) is 0 Å². The Bertz CT molecular complexity index is 4150. The number of benzene rings is 5. The standard InChI is InChI=1S/C17H22N2O.C16H20N2O.C16H22N2.C15H18N2O.C15H20N2.C9H15N.5C2H6.5CH4O/c1-17(2,3)11-15-12-19(13-18-15)16(20)10-9-14-7-5-4-6-8-14;1-16(2,3)10-14-11-18(12-17-14)15(19)9-13-7-5-4-6-8-13;1-16(2,3)11-15-12-18(13-17-15)10-9-14-7-5-4-6-8-14;1-15(2,3)9-13-10-17(11-16-13)14(18)12-7-5-4-6-8-12;1-15(2,3)9-14-11-17(12-16-14)10-13-7-5-4-6-8-13;1-9(2,3)7-8-5-4-6-10-8;10*1-2/h4-8,12-13H,9-11H2,1-3H3;4-8,11-12H,9-10H2,1-3H3;4-8,12-13H,9-11H2,1-3H3;4-8,10-11H,9H2,1-3H3;4-8,11-12H,9-10H2,1-3H3;5-6H,4,7H2,1-3H3;5*1-2H3;5*2H,1H3. The predicted molar refractivity (Wildman–Crippen MR) is 518 cm³/mol. The molecular formula is C103H167N11O8. The van der Waals surface area contributed by atoms with E-state index < -0.39 is 0 Å². The van der Waals surface area contributed by atoms with Crippen LogP contribution in [0.1, 0.15) is 284 Å². The molecule has 11 rings (SSSR count). The van der Waals surface area contributed by atoms with Crippen molar-refractivity contribution in [2.24, 2.45) is 37.5 Å². The highest BCUT2D eigenvalue weighted by Crippen LogP contribution is 2.27. The molecule has 6 heterocycles. The number of carbonyl (C=O) groups excluding carboxylic acids is 3. The number of aromatic nitrogens is 10. The fourth-order valence-corrected chi connectivity index (χ4v) is 11.1. The lowest BCUT2D eigenvalue weighted by molar-refractivity contribution is 0.0898. The van der Waals surface area contributed by atoms with Gasteiger partial charge in [-0.15, -0.1) is 0 Å². The summed E-state index contributed by atoms with van der Waals surface area (Å²) in [5, 5.41) is 35.0. The molecule has 19 heteroatoms. The van der Waals surface area contributed by atoms with Gasteiger partial charge in [0.2, 0.25) is 11.8 Å². The number of carbonyl (C=O) groups is 3. The van der Waals surface area contributed by atoms with Gasteiger partial charge in [0.25, 0.3) is 5.91 Å². The summed E-state index contributed by atoms with van der Waals surface area (Å²) in [6.07, 6.45) is 32.3. The van der Waals surface area contributed by atoms with Crippen molar-refractivity contribution in [3.8, 4) is 0 Å². The summed E-state index contributed by atoms with van der Waals surface area (Å²) in [6, 6.07) is 50.2. The van der Waals surface area contributed by atoms with Crippen molar-refractivity contribution < 1.29 is 39.9 Å². The van der Waals surface area contributed by atoms with Crippen LogP contribution >= 0.6 is 0 Å². The maximum absolute atomic E-state index is 12.1. The second-order valence-corrected chi connectivity index (χ2v) is 34.0. The van der Waals surface area contributed by atoms with Crippen LogP contribution in [0.25, 0.3) is 0 Å². The molecule has 122 heavy (non-hydrogen) atoms. The summed E-state index contributed by atoms with van der Waals surface area (Å²) < 4.78 is 9.10. The molecule has 5 aromatic heterocycles. The summed E-state index contributed by atoms with van der Waals surface area (Å²) in [7, 11) is 5.00. The second-order valence-electron chi connectivity index (χ2n) is 34.0. The van der Waals surface area contributed by atoms with Gasteiger partial charge >= 0.3 is 0 Å². The third kappa shape index (κ3) is 61.6. The number of imidazole rings is 5. The van der Waals surface area contributed by atoms with E-state index in [9.17, 15) is 14.4 Å². The van der Waals surface area contributed by atoms with E-state index in [-0.39, 0.29) is 34.0 Å². The number of rotatable bonds is 17. The minimum Gasteiger partial charge on any atom is -0.400 e. The van der Waals surface area contributed by atoms with Gasteiger partial charge in [-0.1, -0.05) is 339 Å². The number of allylic oxidation sites excluding steroid dienone is 2. The Labute approximate surface area is 740 Å². The van der Waals surface area contributed by atoms with Crippen LogP contribution in [0.5, 0.6) is 0 Å². The summed E-state index contributed by atoms with van der Waals surface area (Å²) >= 11 is 0. The average molecular weight is 1690 g/mol. The summed E-state index contributed by atoms with van der Waals surface area (Å²) in [5.41, 5.74) is 13.6. The number of aliphatic hydroxyl groups excluding tert-OH is 5. The van der Waals surface area contributed by atoms with E-state index in [0.717, 1.165) is 129 Å². The number of aliphatic imine (C=N–C) groups is 1. The molecule has 5 aromatic carbocycles. The van der Waals surface area contributed by atoms with Crippen molar-refractivity contribution in [3.05, 3.63) is 282 Å². The Kier molecular flexibility index (Phi) is 69.2. The quantitative estimate of drug-likeness (QED) is 0.0569. The molecular weight excluding hydrogens is 1520 g/mol. The van der Waals surface area contributed by atoms with Crippen molar-refractivity contribution in [2.75, 3.05) is 35.5 Å². The van der Waals surface area contributed by atoms with Crippen LogP contribution in [0, 0.1) is 32.5 Å². The summed E-state index contributed by atoms with van der Waals surface area (Å²) in [4.78, 5) is 62.5. The van der Waals surface area contributed by atoms with Gasteiger partial charge in [-0.2, -0.15) is 0 Å². The first-order valence-corrected chi connectivity index (χ1v) is 43.3. The molecule has 0 saturated heterocycles. The molecule has 5 N–H and O–H groups in total. The van der Waals surface area contributed by atoms with Crippen LogP contribution in [-0.4, -0.2) is 133 Å². The molecule has 1 aliphatic heterocycles. The van der Waals surface area contributed by atoms with E-state index in [4.69, 9.17) is 25.5 Å². The molecule has 0 atom stereocenters. The molecule has 0 spiro atoms. The number of hydrogen-bond acceptors (Lipinski definition) is 14. The highest BCUT2D eigenvalue weighted by atomic mass is 16.2. The third-order valence-electron chi connectivity index (χ3n) is 15.5. The van der Waals surface area contributed by atoms with E-state index in [1.165, 1.54) is 33.8 Å². The Balaban J connectivity index is -0.000000433. The summed E-state index contributed by atoms with van der Waals surface area (Å²) in [6.45, 7) is 61.5. The second kappa shape index (κ2) is 69.8. The Morgan fingerprint density at radius 1 is 0.320 bits per heavy atom. The zero-order valence-electron chi connectivity index (χ0n) is 81.9. The molecule has 1 aliphatic rings. The molecule has 682 valence electrons. The van der Waals surface area contributed by atoms with Crippen molar-refractivity contribution in [1.29, 1.82) is 0 Å². The lowest BCUT2D eigenvalue weighted by Crippen LogP contribution is -2.12. The molecule has 0 amide bonds. The van der Waals surface area contributed by atoms with Crippen LogP contribution in [0.4, 0.5) is 0 Å². The van der Waals surface area contributed by atoms with Crippen LogP contribution in [0.2, 0.25) is 0 Å². The van der Waals surface area contributed by atoms with Gasteiger partial charge in [0.1, 0.15) is 19.0 Å². The van der Waals surface area contributed by atoms with Crippen LogP contribution < -0.4 is 0 Å². The molecule has 19 nitrogen and oxygen atoms in total. The molecule has 10 aromatic rings. The van der Waals surface area contributed by atoms with Crippen molar-refractivity contribution >= 4 is 23.9 Å². The smallest absolute Gasteiger partial charge is 0.263 e. The van der Waals surface area contributed by atoms with Gasteiger partial charge in [0.15, 0.2) is 0 Å². The van der Waals surface area contributed by atoms with Crippen molar-refractivity contribution in [1.82, 2.24) is 47.8 Å². The highest BCUT2D eigenvalue weighted by Gasteiger charge is 2.20. The minimum absolute atomic E-state index is 0.0386. The first kappa shape index (κ1) is 121. The third-order valence-corrected chi connectivity index (χ3v) is 15.5. The number of nitrogens with zero attached hydrogens (tertiary/aromatic N) is 11. The van der Waals surface area contributed by atoms with E-state index in [1.54, 1.807) is 32.7 Å². The molecule has 0 unspecified atom stereocenters. The van der Waals surface area contributed by atoms with Crippen molar-refractivity contribution in [2.45, 2.75) is 278 Å². The van der Waals surface area contributed by atoms with E-state index in [0.29, 0.717) is 34.7 Å². The lowest BCUT2D eigenvalue weighted by atomic mass is 9.91. The van der Waals surface area contributed by atoms with Crippen LogP contribution in [0.15, 0.2) is 231 Å². The van der Waals surface area contributed by atoms with Gasteiger partial charge in [-0.05, 0) is 118 Å². The monoisotopic (exact) mass is 1690 g/mol. The predicted octanol–water partition coefficient (Wildman–Crippen LogP) is 23.4.